The molecule has 25 heavy (non-hydrogen) atoms. The van der Waals surface area contributed by atoms with Crippen molar-refractivity contribution in [2.45, 2.75) is 57.6 Å². The van der Waals surface area contributed by atoms with Gasteiger partial charge in [-0.1, -0.05) is 19.8 Å². The van der Waals surface area contributed by atoms with E-state index in [1.165, 1.54) is 31.2 Å². The summed E-state index contributed by atoms with van der Waals surface area (Å²) in [5.41, 5.74) is 0.418. The highest BCUT2D eigenvalue weighted by Gasteiger charge is 2.39. The molecule has 138 valence electrons. The molecule has 2 aliphatic rings. The molecule has 1 atom stereocenters. The van der Waals surface area contributed by atoms with Gasteiger partial charge in [-0.3, -0.25) is 14.7 Å². The highest BCUT2D eigenvalue weighted by molar-refractivity contribution is 5.77. The second kappa shape index (κ2) is 8.28. The van der Waals surface area contributed by atoms with Gasteiger partial charge in [-0.05, 0) is 49.4 Å². The van der Waals surface area contributed by atoms with E-state index in [9.17, 15) is 9.90 Å². The van der Waals surface area contributed by atoms with Crippen molar-refractivity contribution in [3.8, 4) is 0 Å². The number of likely N-dealkylation sites (N-methyl/N-ethyl adjacent to an activating group) is 1. The highest BCUT2D eigenvalue weighted by Crippen LogP contribution is 2.30. The van der Waals surface area contributed by atoms with E-state index in [0.29, 0.717) is 38.4 Å². The first-order valence-electron chi connectivity index (χ1n) is 9.69. The molecule has 1 saturated carbocycles. The molecule has 1 aromatic heterocycles. The first-order chi connectivity index (χ1) is 12.1. The van der Waals surface area contributed by atoms with Crippen LogP contribution in [0.3, 0.4) is 0 Å². The van der Waals surface area contributed by atoms with E-state index >= 15 is 0 Å². The molecular weight excluding hydrogens is 314 g/mol. The molecule has 0 unspecified atom stereocenters. The SMILES string of the molecule is CCN(Cc1ccncc1)C[C@]1(O)CCN(C(=O)CC2CCCC2)C1. The van der Waals surface area contributed by atoms with E-state index in [-0.39, 0.29) is 5.91 Å². The number of β-amino-alcohol motifs (C(OH)–C–C–N with tert-alkyl or cyclic N) is 1. The lowest BCUT2D eigenvalue weighted by Gasteiger charge is -2.31. The second-order valence-electron chi connectivity index (χ2n) is 7.80. The van der Waals surface area contributed by atoms with Gasteiger partial charge in [0.15, 0.2) is 0 Å². The summed E-state index contributed by atoms with van der Waals surface area (Å²) in [6.45, 7) is 5.57. The van der Waals surface area contributed by atoms with Gasteiger partial charge in [0, 0.05) is 38.4 Å². The van der Waals surface area contributed by atoms with Gasteiger partial charge in [0.2, 0.25) is 5.91 Å². The Morgan fingerprint density at radius 2 is 2.08 bits per heavy atom. The molecule has 0 bridgehead atoms. The number of hydrogen-bond donors (Lipinski definition) is 1. The lowest BCUT2D eigenvalue weighted by atomic mass is 10.0. The fourth-order valence-corrected chi connectivity index (χ4v) is 4.23. The summed E-state index contributed by atoms with van der Waals surface area (Å²) in [5, 5.41) is 11.0. The molecule has 1 aromatic rings. The summed E-state index contributed by atoms with van der Waals surface area (Å²) in [6.07, 6.45) is 9.87. The Kier molecular flexibility index (Phi) is 6.07. The minimum Gasteiger partial charge on any atom is -0.387 e. The van der Waals surface area contributed by atoms with Crippen LogP contribution in [-0.2, 0) is 11.3 Å². The third-order valence-corrected chi connectivity index (χ3v) is 5.74. The second-order valence-corrected chi connectivity index (χ2v) is 7.80. The highest BCUT2D eigenvalue weighted by atomic mass is 16.3. The zero-order valence-electron chi connectivity index (χ0n) is 15.4. The standard InChI is InChI=1S/C20H31N3O2/c1-2-22(14-18-7-10-21-11-8-18)15-20(25)9-12-23(16-20)19(24)13-17-5-3-4-6-17/h7-8,10-11,17,25H,2-6,9,12-16H2,1H3/t20-/m1/s1. The van der Waals surface area contributed by atoms with Crippen molar-refractivity contribution in [3.05, 3.63) is 30.1 Å². The van der Waals surface area contributed by atoms with Gasteiger partial charge < -0.3 is 10.0 Å². The smallest absolute Gasteiger partial charge is 0.222 e. The van der Waals surface area contributed by atoms with Crippen LogP contribution < -0.4 is 0 Å². The number of amides is 1. The van der Waals surface area contributed by atoms with Gasteiger partial charge in [-0.25, -0.2) is 0 Å². The van der Waals surface area contributed by atoms with E-state index in [0.717, 1.165) is 13.1 Å². The molecule has 1 aliphatic heterocycles. The molecule has 1 aliphatic carbocycles. The van der Waals surface area contributed by atoms with Gasteiger partial charge in [0.05, 0.1) is 12.1 Å². The monoisotopic (exact) mass is 345 g/mol. The summed E-state index contributed by atoms with van der Waals surface area (Å²) < 4.78 is 0. The van der Waals surface area contributed by atoms with Gasteiger partial charge in [0.1, 0.15) is 0 Å². The molecular formula is C20H31N3O2. The molecule has 2 heterocycles. The Morgan fingerprint density at radius 3 is 2.76 bits per heavy atom. The van der Waals surface area contributed by atoms with E-state index < -0.39 is 5.60 Å². The lowest BCUT2D eigenvalue weighted by Crippen LogP contribution is -2.45. The van der Waals surface area contributed by atoms with Crippen molar-refractivity contribution < 1.29 is 9.90 Å². The molecule has 2 fully saturated rings. The molecule has 1 saturated heterocycles. The molecule has 0 radical (unpaired) electrons. The predicted octanol–water partition coefficient (Wildman–Crippen LogP) is 2.45. The minimum absolute atomic E-state index is 0.236. The first kappa shape index (κ1) is 18.3. The van der Waals surface area contributed by atoms with Crippen LogP contribution in [0.25, 0.3) is 0 Å². The first-order valence-corrected chi connectivity index (χ1v) is 9.69. The van der Waals surface area contributed by atoms with Crippen LogP contribution in [0.2, 0.25) is 0 Å². The Morgan fingerprint density at radius 1 is 1.36 bits per heavy atom. The zero-order chi connectivity index (χ0) is 17.7. The Bertz CT molecular complexity index is 559. The van der Waals surface area contributed by atoms with E-state index in [1.54, 1.807) is 12.4 Å². The van der Waals surface area contributed by atoms with Crippen molar-refractivity contribution in [2.75, 3.05) is 26.2 Å². The maximum absolute atomic E-state index is 12.5. The number of likely N-dealkylation sites (tertiary alicyclic amines) is 1. The molecule has 0 aromatic carbocycles. The lowest BCUT2D eigenvalue weighted by molar-refractivity contribution is -0.132. The normalized spacial score (nSPS) is 24.4. The Balaban J connectivity index is 1.52. The third-order valence-electron chi connectivity index (χ3n) is 5.74. The molecule has 1 amide bonds. The topological polar surface area (TPSA) is 56.7 Å². The van der Waals surface area contributed by atoms with Crippen molar-refractivity contribution in [2.24, 2.45) is 5.92 Å². The van der Waals surface area contributed by atoms with Crippen LogP contribution in [0.15, 0.2) is 24.5 Å². The third kappa shape index (κ3) is 5.02. The number of aliphatic hydroxyl groups is 1. The van der Waals surface area contributed by atoms with Crippen molar-refractivity contribution >= 4 is 5.91 Å². The fraction of sp³-hybridized carbons (Fsp3) is 0.700. The number of carbonyl (C=O) groups is 1. The van der Waals surface area contributed by atoms with Crippen molar-refractivity contribution in [3.63, 3.8) is 0 Å². The Labute approximate surface area is 151 Å². The maximum Gasteiger partial charge on any atom is 0.222 e. The van der Waals surface area contributed by atoms with Gasteiger partial charge in [-0.2, -0.15) is 0 Å². The number of hydrogen-bond acceptors (Lipinski definition) is 4. The number of rotatable bonds is 7. The van der Waals surface area contributed by atoms with E-state index in [1.807, 2.05) is 17.0 Å². The summed E-state index contributed by atoms with van der Waals surface area (Å²) in [4.78, 5) is 20.7. The van der Waals surface area contributed by atoms with Gasteiger partial charge in [-0.15, -0.1) is 0 Å². The average molecular weight is 345 g/mol. The van der Waals surface area contributed by atoms with Crippen molar-refractivity contribution in [1.82, 2.24) is 14.8 Å². The molecule has 0 spiro atoms. The van der Waals surface area contributed by atoms with Gasteiger partial charge >= 0.3 is 0 Å². The average Bonchev–Trinajstić information content (AvgIpc) is 3.25. The summed E-state index contributed by atoms with van der Waals surface area (Å²) in [7, 11) is 0. The quantitative estimate of drug-likeness (QED) is 0.825. The van der Waals surface area contributed by atoms with Crippen LogP contribution in [-0.4, -0.2) is 57.6 Å². The van der Waals surface area contributed by atoms with Gasteiger partial charge in [0.25, 0.3) is 0 Å². The number of carbonyl (C=O) groups excluding carboxylic acids is 1. The number of aromatic nitrogens is 1. The largest absolute Gasteiger partial charge is 0.387 e. The molecule has 1 N–H and O–H groups in total. The number of nitrogens with zero attached hydrogens (tertiary/aromatic N) is 3. The maximum atomic E-state index is 12.5. The fourth-order valence-electron chi connectivity index (χ4n) is 4.23. The predicted molar refractivity (Wildman–Crippen MR) is 97.9 cm³/mol. The summed E-state index contributed by atoms with van der Waals surface area (Å²) in [5.74, 6) is 0.806. The van der Waals surface area contributed by atoms with Crippen LogP contribution >= 0.6 is 0 Å². The van der Waals surface area contributed by atoms with E-state index in [2.05, 4.69) is 16.8 Å². The summed E-state index contributed by atoms with van der Waals surface area (Å²) in [6, 6.07) is 4.03. The summed E-state index contributed by atoms with van der Waals surface area (Å²) >= 11 is 0. The molecule has 5 nitrogen and oxygen atoms in total. The van der Waals surface area contributed by atoms with Crippen LogP contribution in [0.4, 0.5) is 0 Å². The van der Waals surface area contributed by atoms with Crippen LogP contribution in [0.1, 0.15) is 51.0 Å². The van der Waals surface area contributed by atoms with Crippen LogP contribution in [0.5, 0.6) is 0 Å². The zero-order valence-corrected chi connectivity index (χ0v) is 15.4. The molecule has 5 heteroatoms. The Hall–Kier alpha value is -1.46. The number of pyridine rings is 1. The van der Waals surface area contributed by atoms with E-state index in [4.69, 9.17) is 0 Å². The van der Waals surface area contributed by atoms with Crippen LogP contribution in [0, 0.1) is 5.92 Å². The molecule has 3 rings (SSSR count). The minimum atomic E-state index is -0.783. The van der Waals surface area contributed by atoms with Crippen molar-refractivity contribution in [1.29, 1.82) is 0 Å².